The van der Waals surface area contributed by atoms with Gasteiger partial charge in [0, 0.05) is 62.9 Å². The lowest BCUT2D eigenvalue weighted by atomic mass is 10.1. The van der Waals surface area contributed by atoms with E-state index >= 15 is 0 Å². The van der Waals surface area contributed by atoms with Crippen LogP contribution < -0.4 is 10.6 Å². The molecule has 30 heavy (non-hydrogen) atoms. The lowest BCUT2D eigenvalue weighted by Gasteiger charge is -2.34. The van der Waals surface area contributed by atoms with E-state index in [9.17, 15) is 4.79 Å². The molecular weight excluding hydrogens is 374 g/mol. The van der Waals surface area contributed by atoms with E-state index in [2.05, 4.69) is 26.9 Å². The second-order valence-electron chi connectivity index (χ2n) is 7.60. The van der Waals surface area contributed by atoms with Gasteiger partial charge in [0.1, 0.15) is 5.82 Å². The van der Waals surface area contributed by atoms with Gasteiger partial charge in [-0.25, -0.2) is 4.98 Å². The van der Waals surface area contributed by atoms with E-state index in [4.69, 9.17) is 5.73 Å². The Morgan fingerprint density at radius 1 is 0.967 bits per heavy atom. The standard InChI is InChI=1S/C24H27N5O/c1-27(21-5-3-2-4-6-21)22-9-7-20(8-10-22)24(30)29-15-13-28(14-16-29)18-19-11-12-26-23(25)17-19/h2-12,17H,13-16,18H2,1H3,(H2,25,26). The number of pyridine rings is 1. The highest BCUT2D eigenvalue weighted by molar-refractivity contribution is 5.94. The van der Waals surface area contributed by atoms with Gasteiger partial charge in [0.25, 0.3) is 5.91 Å². The number of aromatic nitrogens is 1. The van der Waals surface area contributed by atoms with Crippen molar-refractivity contribution in [3.8, 4) is 0 Å². The molecule has 1 aliphatic rings. The monoisotopic (exact) mass is 401 g/mol. The van der Waals surface area contributed by atoms with Gasteiger partial charge in [-0.1, -0.05) is 18.2 Å². The van der Waals surface area contributed by atoms with Crippen LogP contribution in [0.1, 0.15) is 15.9 Å². The van der Waals surface area contributed by atoms with Crippen LogP contribution in [-0.2, 0) is 6.54 Å². The van der Waals surface area contributed by atoms with E-state index in [0.29, 0.717) is 5.82 Å². The average Bonchev–Trinajstić information content (AvgIpc) is 2.79. The van der Waals surface area contributed by atoms with Gasteiger partial charge in [-0.15, -0.1) is 0 Å². The first kappa shape index (κ1) is 19.9. The molecule has 0 atom stereocenters. The number of nitrogens with two attached hydrogens (primary N) is 1. The largest absolute Gasteiger partial charge is 0.384 e. The molecule has 4 rings (SSSR count). The second kappa shape index (κ2) is 8.97. The van der Waals surface area contributed by atoms with Crippen molar-refractivity contribution in [1.82, 2.24) is 14.8 Å². The number of benzene rings is 2. The summed E-state index contributed by atoms with van der Waals surface area (Å²) in [5.74, 6) is 0.638. The van der Waals surface area contributed by atoms with Crippen molar-refractivity contribution in [2.75, 3.05) is 43.9 Å². The molecule has 0 spiro atoms. The highest BCUT2D eigenvalue weighted by Crippen LogP contribution is 2.24. The highest BCUT2D eigenvalue weighted by Gasteiger charge is 2.22. The number of amides is 1. The predicted octanol–water partition coefficient (Wildman–Crippen LogP) is 3.39. The second-order valence-corrected chi connectivity index (χ2v) is 7.60. The molecule has 0 radical (unpaired) electrons. The summed E-state index contributed by atoms with van der Waals surface area (Å²) in [6.45, 7) is 3.98. The van der Waals surface area contributed by atoms with Gasteiger partial charge in [-0.2, -0.15) is 0 Å². The Morgan fingerprint density at radius 2 is 1.63 bits per heavy atom. The Balaban J connectivity index is 1.34. The van der Waals surface area contributed by atoms with Gasteiger partial charge in [0.15, 0.2) is 0 Å². The first-order valence-corrected chi connectivity index (χ1v) is 10.2. The van der Waals surface area contributed by atoms with Crippen molar-refractivity contribution in [1.29, 1.82) is 0 Å². The van der Waals surface area contributed by atoms with Crippen LogP contribution in [0.2, 0.25) is 0 Å². The van der Waals surface area contributed by atoms with Crippen molar-refractivity contribution in [3.05, 3.63) is 84.1 Å². The van der Waals surface area contributed by atoms with E-state index in [-0.39, 0.29) is 5.91 Å². The van der Waals surface area contributed by atoms with Crippen LogP contribution in [0.3, 0.4) is 0 Å². The third-order valence-corrected chi connectivity index (χ3v) is 5.56. The molecule has 3 aromatic rings. The van der Waals surface area contributed by atoms with Gasteiger partial charge in [-0.05, 0) is 54.1 Å². The van der Waals surface area contributed by atoms with Crippen LogP contribution in [0.5, 0.6) is 0 Å². The van der Waals surface area contributed by atoms with E-state index in [1.807, 2.05) is 66.5 Å². The molecule has 2 aromatic carbocycles. The zero-order valence-electron chi connectivity index (χ0n) is 17.2. The molecule has 1 aliphatic heterocycles. The summed E-state index contributed by atoms with van der Waals surface area (Å²) >= 11 is 0. The Kier molecular flexibility index (Phi) is 5.95. The number of nitrogen functional groups attached to an aromatic ring is 1. The van der Waals surface area contributed by atoms with Gasteiger partial charge in [0.05, 0.1) is 0 Å². The lowest BCUT2D eigenvalue weighted by molar-refractivity contribution is 0.0628. The average molecular weight is 402 g/mol. The maximum Gasteiger partial charge on any atom is 0.253 e. The molecule has 1 aromatic heterocycles. The van der Waals surface area contributed by atoms with E-state index in [0.717, 1.165) is 55.2 Å². The molecule has 6 nitrogen and oxygen atoms in total. The summed E-state index contributed by atoms with van der Waals surface area (Å²) in [6, 6.07) is 21.9. The van der Waals surface area contributed by atoms with Gasteiger partial charge < -0.3 is 15.5 Å². The third kappa shape index (κ3) is 4.60. The smallest absolute Gasteiger partial charge is 0.253 e. The maximum atomic E-state index is 12.9. The molecule has 0 unspecified atom stereocenters. The third-order valence-electron chi connectivity index (χ3n) is 5.56. The molecular formula is C24H27N5O. The molecule has 1 amide bonds. The minimum absolute atomic E-state index is 0.0942. The number of nitrogens with zero attached hydrogens (tertiary/aromatic N) is 4. The Bertz CT molecular complexity index is 982. The van der Waals surface area contributed by atoms with Gasteiger partial charge in [-0.3, -0.25) is 9.69 Å². The fourth-order valence-electron chi connectivity index (χ4n) is 3.77. The summed E-state index contributed by atoms with van der Waals surface area (Å²) in [6.07, 6.45) is 1.74. The number of anilines is 3. The molecule has 0 saturated carbocycles. The molecule has 1 fully saturated rings. The van der Waals surface area contributed by atoms with Crippen molar-refractivity contribution in [2.24, 2.45) is 0 Å². The number of hydrogen-bond donors (Lipinski definition) is 1. The van der Waals surface area contributed by atoms with Gasteiger partial charge in [0.2, 0.25) is 0 Å². The Labute approximate surface area is 177 Å². The van der Waals surface area contributed by atoms with Crippen molar-refractivity contribution >= 4 is 23.1 Å². The number of rotatable bonds is 5. The number of piperazine rings is 1. The minimum atomic E-state index is 0.0942. The molecule has 2 N–H and O–H groups in total. The quantitative estimate of drug-likeness (QED) is 0.710. The fourth-order valence-corrected chi connectivity index (χ4v) is 3.77. The number of para-hydroxylation sites is 1. The fraction of sp³-hybridized carbons (Fsp3) is 0.250. The van der Waals surface area contributed by atoms with Gasteiger partial charge >= 0.3 is 0 Å². The summed E-state index contributed by atoms with van der Waals surface area (Å²) < 4.78 is 0. The van der Waals surface area contributed by atoms with Crippen LogP contribution in [0.15, 0.2) is 72.9 Å². The normalized spacial score (nSPS) is 14.5. The molecule has 1 saturated heterocycles. The van der Waals surface area contributed by atoms with Crippen LogP contribution in [0.4, 0.5) is 17.2 Å². The van der Waals surface area contributed by atoms with E-state index in [1.54, 1.807) is 6.20 Å². The van der Waals surface area contributed by atoms with Crippen LogP contribution in [0.25, 0.3) is 0 Å². The molecule has 2 heterocycles. The van der Waals surface area contributed by atoms with Crippen LogP contribution in [-0.4, -0.2) is 53.9 Å². The Hall–Kier alpha value is -3.38. The van der Waals surface area contributed by atoms with E-state index in [1.165, 1.54) is 0 Å². The van der Waals surface area contributed by atoms with Crippen molar-refractivity contribution in [3.63, 3.8) is 0 Å². The van der Waals surface area contributed by atoms with Crippen molar-refractivity contribution < 1.29 is 4.79 Å². The molecule has 0 aliphatic carbocycles. The topological polar surface area (TPSA) is 65.7 Å². The number of carbonyl (C=O) groups excluding carboxylic acids is 1. The maximum absolute atomic E-state index is 12.9. The molecule has 154 valence electrons. The SMILES string of the molecule is CN(c1ccccc1)c1ccc(C(=O)N2CCN(Cc3ccnc(N)c3)CC2)cc1. The zero-order chi connectivity index (χ0) is 20.9. The summed E-state index contributed by atoms with van der Waals surface area (Å²) in [5.41, 5.74) is 9.82. The number of carbonyl (C=O) groups is 1. The van der Waals surface area contributed by atoms with Crippen LogP contribution in [0, 0.1) is 0 Å². The zero-order valence-corrected chi connectivity index (χ0v) is 17.2. The van der Waals surface area contributed by atoms with Crippen LogP contribution >= 0.6 is 0 Å². The first-order valence-electron chi connectivity index (χ1n) is 10.2. The summed E-state index contributed by atoms with van der Waals surface area (Å²) in [7, 11) is 2.03. The minimum Gasteiger partial charge on any atom is -0.384 e. The molecule has 0 bridgehead atoms. The lowest BCUT2D eigenvalue weighted by Crippen LogP contribution is -2.48. The highest BCUT2D eigenvalue weighted by atomic mass is 16.2. The molecule has 6 heteroatoms. The van der Waals surface area contributed by atoms with Crippen molar-refractivity contribution in [2.45, 2.75) is 6.54 Å². The Morgan fingerprint density at radius 3 is 2.30 bits per heavy atom. The summed E-state index contributed by atoms with van der Waals surface area (Å²) in [4.78, 5) is 23.4. The van der Waals surface area contributed by atoms with E-state index < -0.39 is 0 Å². The summed E-state index contributed by atoms with van der Waals surface area (Å²) in [5, 5.41) is 0. The predicted molar refractivity (Wildman–Crippen MR) is 121 cm³/mol. The number of hydrogen-bond acceptors (Lipinski definition) is 5. The first-order chi connectivity index (χ1) is 14.6.